The van der Waals surface area contributed by atoms with Crippen LogP contribution in [0.4, 0.5) is 4.39 Å². The minimum Gasteiger partial charge on any atom is -0.389 e. The lowest BCUT2D eigenvalue weighted by Gasteiger charge is -2.37. The molecule has 4 heteroatoms. The Hall–Kier alpha value is -0.190. The van der Waals surface area contributed by atoms with Crippen LogP contribution < -0.4 is 5.73 Å². The van der Waals surface area contributed by atoms with Gasteiger partial charge in [-0.2, -0.15) is 0 Å². The third kappa shape index (κ3) is 3.58. The molecule has 3 N–H and O–H groups in total. The number of aliphatic hydroxyl groups excluding tert-OH is 1. The number of aliphatic hydroxyl groups is 1. The summed E-state index contributed by atoms with van der Waals surface area (Å²) in [6, 6.07) is 0. The van der Waals surface area contributed by atoms with E-state index in [4.69, 9.17) is 10.8 Å². The number of likely N-dealkylation sites (tertiary alicyclic amines) is 1. The average molecular weight is 190 g/mol. The molecule has 1 heterocycles. The fourth-order valence-corrected chi connectivity index (χ4v) is 1.59. The van der Waals surface area contributed by atoms with Gasteiger partial charge < -0.3 is 15.7 Å². The van der Waals surface area contributed by atoms with Gasteiger partial charge in [-0.15, -0.1) is 0 Å². The first-order valence-corrected chi connectivity index (χ1v) is 4.79. The minimum atomic E-state index is -0.831. The van der Waals surface area contributed by atoms with Crippen LogP contribution in [0.2, 0.25) is 0 Å². The molecule has 3 nitrogen and oxygen atoms in total. The zero-order valence-electron chi connectivity index (χ0n) is 8.17. The van der Waals surface area contributed by atoms with Crippen molar-refractivity contribution in [3.8, 4) is 0 Å². The number of piperidine rings is 1. The predicted octanol–water partition coefficient (Wildman–Crippen LogP) is 0.130. The van der Waals surface area contributed by atoms with Crippen molar-refractivity contribution in [3.05, 3.63) is 0 Å². The molecule has 1 rings (SSSR count). The maximum atomic E-state index is 12.0. The van der Waals surface area contributed by atoms with Crippen molar-refractivity contribution in [2.75, 3.05) is 26.3 Å². The maximum absolute atomic E-state index is 12.0. The molecule has 0 radical (unpaired) electrons. The molecule has 0 amide bonds. The van der Waals surface area contributed by atoms with Crippen LogP contribution in [0.5, 0.6) is 0 Å². The fourth-order valence-electron chi connectivity index (χ4n) is 1.59. The van der Waals surface area contributed by atoms with Crippen LogP contribution in [-0.2, 0) is 0 Å². The number of halogens is 1. The minimum absolute atomic E-state index is 0.0723. The van der Waals surface area contributed by atoms with Gasteiger partial charge in [-0.05, 0) is 32.9 Å². The summed E-state index contributed by atoms with van der Waals surface area (Å²) in [6.45, 7) is 3.55. The molecule has 0 saturated carbocycles. The Morgan fingerprint density at radius 3 is 2.54 bits per heavy atom. The third-order valence-electron chi connectivity index (χ3n) is 2.65. The van der Waals surface area contributed by atoms with Gasteiger partial charge in [0.2, 0.25) is 0 Å². The van der Waals surface area contributed by atoms with E-state index in [0.29, 0.717) is 6.54 Å². The maximum Gasteiger partial charge on any atom is 0.117 e. The summed E-state index contributed by atoms with van der Waals surface area (Å²) in [7, 11) is 0. The normalized spacial score (nSPS) is 25.8. The fraction of sp³-hybridized carbons (Fsp3) is 1.00. The van der Waals surface area contributed by atoms with Crippen molar-refractivity contribution in [3.63, 3.8) is 0 Å². The molecule has 1 unspecified atom stereocenters. The summed E-state index contributed by atoms with van der Waals surface area (Å²) in [5.41, 5.74) is 5.87. The van der Waals surface area contributed by atoms with Crippen molar-refractivity contribution in [2.24, 2.45) is 5.73 Å². The van der Waals surface area contributed by atoms with Crippen LogP contribution in [0.25, 0.3) is 0 Å². The molecule has 1 aliphatic rings. The first kappa shape index (κ1) is 10.9. The van der Waals surface area contributed by atoms with E-state index >= 15 is 0 Å². The average Bonchev–Trinajstić information content (AvgIpc) is 2.08. The number of hydrogen-bond acceptors (Lipinski definition) is 3. The zero-order valence-corrected chi connectivity index (χ0v) is 8.17. The van der Waals surface area contributed by atoms with E-state index in [0.717, 1.165) is 25.9 Å². The Morgan fingerprint density at radius 1 is 1.54 bits per heavy atom. The van der Waals surface area contributed by atoms with Crippen LogP contribution >= 0.6 is 0 Å². The number of β-amino-alcohol motifs (C(OH)–C–C–N with tert-alkyl or cyclic N) is 1. The molecule has 78 valence electrons. The van der Waals surface area contributed by atoms with E-state index in [1.165, 1.54) is 0 Å². The Labute approximate surface area is 78.7 Å². The number of alkyl halides is 1. The Morgan fingerprint density at radius 2 is 2.08 bits per heavy atom. The summed E-state index contributed by atoms with van der Waals surface area (Å²) in [5.74, 6) is 0. The molecule has 0 aromatic heterocycles. The van der Waals surface area contributed by atoms with Crippen molar-refractivity contribution < 1.29 is 9.50 Å². The Balaban J connectivity index is 2.25. The largest absolute Gasteiger partial charge is 0.389 e. The SMILES string of the molecule is CC1(N)CCN(CC(O)CF)CC1. The lowest BCUT2D eigenvalue weighted by molar-refractivity contribution is 0.0695. The second kappa shape index (κ2) is 4.35. The van der Waals surface area contributed by atoms with Gasteiger partial charge in [-0.1, -0.05) is 0 Å². The van der Waals surface area contributed by atoms with Gasteiger partial charge in [-0.25, -0.2) is 4.39 Å². The molecule has 0 spiro atoms. The number of nitrogens with zero attached hydrogens (tertiary/aromatic N) is 1. The highest BCUT2D eigenvalue weighted by molar-refractivity contribution is 4.86. The summed E-state index contributed by atoms with van der Waals surface area (Å²) in [4.78, 5) is 2.07. The van der Waals surface area contributed by atoms with Gasteiger partial charge in [-0.3, -0.25) is 0 Å². The lowest BCUT2D eigenvalue weighted by atomic mass is 9.91. The molecule has 1 aliphatic heterocycles. The molecule has 0 bridgehead atoms. The molecule has 0 aromatic carbocycles. The predicted molar refractivity (Wildman–Crippen MR) is 50.2 cm³/mol. The molecule has 1 atom stereocenters. The van der Waals surface area contributed by atoms with E-state index in [9.17, 15) is 4.39 Å². The molecular weight excluding hydrogens is 171 g/mol. The molecule has 1 saturated heterocycles. The van der Waals surface area contributed by atoms with Crippen molar-refractivity contribution in [1.29, 1.82) is 0 Å². The summed E-state index contributed by atoms with van der Waals surface area (Å²) in [5, 5.41) is 9.09. The zero-order chi connectivity index (χ0) is 9.90. The van der Waals surface area contributed by atoms with Crippen molar-refractivity contribution in [2.45, 2.75) is 31.4 Å². The van der Waals surface area contributed by atoms with Crippen molar-refractivity contribution in [1.82, 2.24) is 4.90 Å². The molecular formula is C9H19FN2O. The van der Waals surface area contributed by atoms with Gasteiger partial charge in [0.25, 0.3) is 0 Å². The molecule has 0 aromatic rings. The quantitative estimate of drug-likeness (QED) is 0.665. The van der Waals surface area contributed by atoms with E-state index in [2.05, 4.69) is 4.90 Å². The second-order valence-electron chi connectivity index (χ2n) is 4.26. The smallest absolute Gasteiger partial charge is 0.117 e. The summed E-state index contributed by atoms with van der Waals surface area (Å²) in [6.07, 6.45) is 1.01. The number of hydrogen-bond donors (Lipinski definition) is 2. The van der Waals surface area contributed by atoms with Crippen LogP contribution in [-0.4, -0.2) is 48.0 Å². The van der Waals surface area contributed by atoms with Crippen LogP contribution in [0.15, 0.2) is 0 Å². The second-order valence-corrected chi connectivity index (χ2v) is 4.26. The van der Waals surface area contributed by atoms with E-state index in [1.807, 2.05) is 6.92 Å². The van der Waals surface area contributed by atoms with Crippen LogP contribution in [0.3, 0.4) is 0 Å². The standard InChI is InChI=1S/C9H19FN2O/c1-9(11)2-4-12(5-3-9)7-8(13)6-10/h8,13H,2-7,11H2,1H3. The topological polar surface area (TPSA) is 49.5 Å². The van der Waals surface area contributed by atoms with E-state index in [1.54, 1.807) is 0 Å². The Kier molecular flexibility index (Phi) is 3.64. The van der Waals surface area contributed by atoms with Crippen LogP contribution in [0.1, 0.15) is 19.8 Å². The first-order chi connectivity index (χ1) is 6.03. The third-order valence-corrected chi connectivity index (χ3v) is 2.65. The molecule has 1 fully saturated rings. The van der Waals surface area contributed by atoms with Gasteiger partial charge in [0, 0.05) is 12.1 Å². The first-order valence-electron chi connectivity index (χ1n) is 4.79. The van der Waals surface area contributed by atoms with Gasteiger partial charge >= 0.3 is 0 Å². The number of rotatable bonds is 3. The van der Waals surface area contributed by atoms with Gasteiger partial charge in [0.1, 0.15) is 6.67 Å². The highest BCUT2D eigenvalue weighted by atomic mass is 19.1. The van der Waals surface area contributed by atoms with E-state index < -0.39 is 12.8 Å². The summed E-state index contributed by atoms with van der Waals surface area (Å²) >= 11 is 0. The van der Waals surface area contributed by atoms with Gasteiger partial charge in [0.15, 0.2) is 0 Å². The molecule has 13 heavy (non-hydrogen) atoms. The van der Waals surface area contributed by atoms with Crippen molar-refractivity contribution >= 4 is 0 Å². The highest BCUT2D eigenvalue weighted by Gasteiger charge is 2.26. The van der Waals surface area contributed by atoms with Crippen LogP contribution in [0, 0.1) is 0 Å². The number of nitrogens with two attached hydrogens (primary N) is 1. The summed E-state index contributed by atoms with van der Waals surface area (Å²) < 4.78 is 12.0. The Bertz CT molecular complexity index is 154. The van der Waals surface area contributed by atoms with E-state index in [-0.39, 0.29) is 5.54 Å². The monoisotopic (exact) mass is 190 g/mol. The highest BCUT2D eigenvalue weighted by Crippen LogP contribution is 2.18. The molecule has 0 aliphatic carbocycles. The lowest BCUT2D eigenvalue weighted by Crippen LogP contribution is -2.49. The van der Waals surface area contributed by atoms with Gasteiger partial charge in [0.05, 0.1) is 6.10 Å².